The highest BCUT2D eigenvalue weighted by Crippen LogP contribution is 2.33. The van der Waals surface area contributed by atoms with E-state index in [0.29, 0.717) is 0 Å². The van der Waals surface area contributed by atoms with E-state index >= 15 is 0 Å². The topological polar surface area (TPSA) is 12.9 Å². The summed E-state index contributed by atoms with van der Waals surface area (Å²) >= 11 is 0. The maximum Gasteiger partial charge on any atom is 0.0506 e. The molecule has 0 amide bonds. The second-order valence-electron chi connectivity index (χ2n) is 4.27. The van der Waals surface area contributed by atoms with Crippen molar-refractivity contribution in [1.82, 2.24) is 4.98 Å². The molecule has 0 saturated carbocycles. The molecule has 1 atom stereocenters. The van der Waals surface area contributed by atoms with Gasteiger partial charge in [0.15, 0.2) is 0 Å². The van der Waals surface area contributed by atoms with Gasteiger partial charge in [-0.25, -0.2) is 0 Å². The molecule has 1 unspecified atom stereocenters. The van der Waals surface area contributed by atoms with Crippen LogP contribution in [0.1, 0.15) is 31.5 Å². The Hall–Kier alpha value is -1.63. The lowest BCUT2D eigenvalue weighted by Crippen LogP contribution is -2.23. The minimum Gasteiger partial charge on any atom is -0.260 e. The Kier molecular flexibility index (Phi) is 3.04. The van der Waals surface area contributed by atoms with Crippen LogP contribution in [0.5, 0.6) is 0 Å². The number of benzene rings is 1. The summed E-state index contributed by atoms with van der Waals surface area (Å²) in [4.78, 5) is 4.50. The lowest BCUT2D eigenvalue weighted by molar-refractivity contribution is 0.532. The van der Waals surface area contributed by atoms with Crippen LogP contribution >= 0.6 is 0 Å². The maximum absolute atomic E-state index is 4.50. The van der Waals surface area contributed by atoms with Crippen molar-refractivity contribution in [3.63, 3.8) is 0 Å². The average Bonchev–Trinajstić information content (AvgIpc) is 2.40. The molecule has 1 aromatic heterocycles. The molecule has 0 bridgehead atoms. The molecule has 0 aliphatic heterocycles. The molecule has 82 valence electrons. The summed E-state index contributed by atoms with van der Waals surface area (Å²) in [7, 11) is 0. The number of aromatic nitrogens is 1. The van der Waals surface area contributed by atoms with Gasteiger partial charge in [-0.2, -0.15) is 0 Å². The minimum absolute atomic E-state index is 0.0164. The van der Waals surface area contributed by atoms with Gasteiger partial charge in [0.1, 0.15) is 0 Å². The molecular formula is C15H17N. The van der Waals surface area contributed by atoms with Crippen molar-refractivity contribution in [2.24, 2.45) is 0 Å². The summed E-state index contributed by atoms with van der Waals surface area (Å²) in [6, 6.07) is 16.7. The molecule has 1 heteroatoms. The van der Waals surface area contributed by atoms with Crippen molar-refractivity contribution in [2.75, 3.05) is 0 Å². The molecule has 2 aromatic rings. The van der Waals surface area contributed by atoms with E-state index in [9.17, 15) is 0 Å². The Morgan fingerprint density at radius 1 is 1.00 bits per heavy atom. The molecule has 0 spiro atoms. The van der Waals surface area contributed by atoms with Crippen molar-refractivity contribution in [3.05, 3.63) is 66.0 Å². The van der Waals surface area contributed by atoms with Gasteiger partial charge in [0, 0.05) is 11.6 Å². The van der Waals surface area contributed by atoms with Gasteiger partial charge in [-0.1, -0.05) is 43.3 Å². The van der Waals surface area contributed by atoms with Crippen LogP contribution in [0, 0.1) is 0 Å². The van der Waals surface area contributed by atoms with Crippen molar-refractivity contribution < 1.29 is 0 Å². The highest BCUT2D eigenvalue weighted by molar-refractivity contribution is 5.34. The van der Waals surface area contributed by atoms with E-state index < -0.39 is 0 Å². The molecule has 0 aliphatic carbocycles. The van der Waals surface area contributed by atoms with Crippen LogP contribution in [-0.4, -0.2) is 4.98 Å². The normalized spacial score (nSPS) is 14.4. The average molecular weight is 211 g/mol. The third kappa shape index (κ3) is 1.85. The number of hydrogen-bond donors (Lipinski definition) is 0. The van der Waals surface area contributed by atoms with E-state index in [1.165, 1.54) is 5.56 Å². The first-order chi connectivity index (χ1) is 7.77. The molecule has 1 nitrogen and oxygen atoms in total. The summed E-state index contributed by atoms with van der Waals surface area (Å²) in [5.41, 5.74) is 2.49. The zero-order valence-electron chi connectivity index (χ0n) is 9.85. The number of hydrogen-bond acceptors (Lipinski definition) is 1. The molecule has 0 saturated heterocycles. The van der Waals surface area contributed by atoms with Gasteiger partial charge in [-0.15, -0.1) is 0 Å². The zero-order chi connectivity index (χ0) is 11.4. The van der Waals surface area contributed by atoms with Crippen LogP contribution < -0.4 is 0 Å². The predicted octanol–water partition coefficient (Wildman–Crippen LogP) is 3.80. The fourth-order valence-corrected chi connectivity index (χ4v) is 2.03. The minimum atomic E-state index is 0.0164. The van der Waals surface area contributed by atoms with Crippen molar-refractivity contribution in [2.45, 2.75) is 25.7 Å². The Labute approximate surface area is 97.2 Å². The van der Waals surface area contributed by atoms with Crippen LogP contribution in [0.25, 0.3) is 0 Å². The lowest BCUT2D eigenvalue weighted by Gasteiger charge is -2.28. The third-order valence-electron chi connectivity index (χ3n) is 3.35. The predicted molar refractivity (Wildman–Crippen MR) is 67.4 cm³/mol. The summed E-state index contributed by atoms with van der Waals surface area (Å²) in [5, 5.41) is 0. The smallest absolute Gasteiger partial charge is 0.0506 e. The number of nitrogens with zero attached hydrogens (tertiary/aromatic N) is 1. The summed E-state index contributed by atoms with van der Waals surface area (Å²) in [5.74, 6) is 0. The molecule has 0 radical (unpaired) electrons. The Bertz CT molecular complexity index is 394. The van der Waals surface area contributed by atoms with Crippen molar-refractivity contribution in [3.8, 4) is 0 Å². The van der Waals surface area contributed by atoms with Crippen LogP contribution in [0.4, 0.5) is 0 Å². The number of pyridine rings is 1. The molecule has 0 aliphatic rings. The van der Waals surface area contributed by atoms with E-state index in [4.69, 9.17) is 0 Å². The monoisotopic (exact) mass is 211 g/mol. The quantitative estimate of drug-likeness (QED) is 0.752. The first-order valence-corrected chi connectivity index (χ1v) is 5.74. The van der Waals surface area contributed by atoms with E-state index in [-0.39, 0.29) is 5.41 Å². The van der Waals surface area contributed by atoms with E-state index in [1.807, 2.05) is 12.3 Å². The van der Waals surface area contributed by atoms with Gasteiger partial charge in [-0.3, -0.25) is 4.98 Å². The van der Waals surface area contributed by atoms with Gasteiger partial charge in [0.05, 0.1) is 5.69 Å². The number of rotatable bonds is 3. The fourth-order valence-electron chi connectivity index (χ4n) is 2.03. The second kappa shape index (κ2) is 4.48. The molecule has 0 fully saturated rings. The van der Waals surface area contributed by atoms with Crippen LogP contribution in [0.3, 0.4) is 0 Å². The highest BCUT2D eigenvalue weighted by atomic mass is 14.7. The molecule has 1 heterocycles. The summed E-state index contributed by atoms with van der Waals surface area (Å²) < 4.78 is 0. The first-order valence-electron chi connectivity index (χ1n) is 5.74. The SMILES string of the molecule is CCC(C)(c1ccccc1)c1ccccn1. The van der Waals surface area contributed by atoms with Crippen molar-refractivity contribution >= 4 is 0 Å². The van der Waals surface area contributed by atoms with Crippen LogP contribution in [0.15, 0.2) is 54.7 Å². The highest BCUT2D eigenvalue weighted by Gasteiger charge is 2.27. The van der Waals surface area contributed by atoms with Gasteiger partial charge in [0.25, 0.3) is 0 Å². The Morgan fingerprint density at radius 3 is 2.25 bits per heavy atom. The summed E-state index contributed by atoms with van der Waals surface area (Å²) in [6.07, 6.45) is 2.92. The fraction of sp³-hybridized carbons (Fsp3) is 0.267. The Morgan fingerprint density at radius 2 is 1.69 bits per heavy atom. The van der Waals surface area contributed by atoms with Crippen LogP contribution in [-0.2, 0) is 5.41 Å². The van der Waals surface area contributed by atoms with Gasteiger partial charge < -0.3 is 0 Å². The molecular weight excluding hydrogens is 194 g/mol. The first kappa shape index (κ1) is 10.9. The molecule has 0 N–H and O–H groups in total. The molecule has 2 rings (SSSR count). The maximum atomic E-state index is 4.50. The van der Waals surface area contributed by atoms with E-state index in [0.717, 1.165) is 12.1 Å². The standard InChI is InChI=1S/C15H17N/c1-3-15(2,13-9-5-4-6-10-13)14-11-7-8-12-16-14/h4-12H,3H2,1-2H3. The third-order valence-corrected chi connectivity index (χ3v) is 3.35. The largest absolute Gasteiger partial charge is 0.260 e. The van der Waals surface area contributed by atoms with E-state index in [2.05, 4.69) is 61.3 Å². The summed E-state index contributed by atoms with van der Waals surface area (Å²) in [6.45, 7) is 4.46. The Balaban J connectivity index is 2.49. The zero-order valence-corrected chi connectivity index (χ0v) is 9.85. The van der Waals surface area contributed by atoms with Gasteiger partial charge in [0.2, 0.25) is 0 Å². The second-order valence-corrected chi connectivity index (χ2v) is 4.27. The van der Waals surface area contributed by atoms with E-state index in [1.54, 1.807) is 0 Å². The molecule has 1 aromatic carbocycles. The van der Waals surface area contributed by atoms with Crippen molar-refractivity contribution in [1.29, 1.82) is 0 Å². The lowest BCUT2D eigenvalue weighted by atomic mass is 9.77. The van der Waals surface area contributed by atoms with Crippen LogP contribution in [0.2, 0.25) is 0 Å². The van der Waals surface area contributed by atoms with Gasteiger partial charge in [-0.05, 0) is 31.0 Å². The van der Waals surface area contributed by atoms with Gasteiger partial charge >= 0.3 is 0 Å². The molecule has 16 heavy (non-hydrogen) atoms.